The summed E-state index contributed by atoms with van der Waals surface area (Å²) in [6.07, 6.45) is 1.44. The first-order chi connectivity index (χ1) is 12.1. The van der Waals surface area contributed by atoms with Crippen LogP contribution in [-0.2, 0) is 21.2 Å². The number of carbonyl (C=O) groups is 1. The zero-order valence-corrected chi connectivity index (χ0v) is 14.4. The first-order valence-electron chi connectivity index (χ1n) is 8.26. The summed E-state index contributed by atoms with van der Waals surface area (Å²) in [6.45, 7) is 1.03. The topological polar surface area (TPSA) is 66.5 Å². The molecule has 25 heavy (non-hydrogen) atoms. The molecule has 5 nitrogen and oxygen atoms in total. The van der Waals surface area contributed by atoms with Gasteiger partial charge in [0.1, 0.15) is 0 Å². The van der Waals surface area contributed by atoms with Crippen LogP contribution in [0.15, 0.2) is 70.1 Å². The number of allylic oxidation sites excluding steroid dienone is 1. The van der Waals surface area contributed by atoms with E-state index in [-0.39, 0.29) is 9.80 Å². The fourth-order valence-corrected chi connectivity index (χ4v) is 5.23. The van der Waals surface area contributed by atoms with Gasteiger partial charge in [-0.3, -0.25) is 4.79 Å². The van der Waals surface area contributed by atoms with E-state index in [1.165, 1.54) is 0 Å². The van der Waals surface area contributed by atoms with Crippen LogP contribution in [0, 0.1) is 0 Å². The summed E-state index contributed by atoms with van der Waals surface area (Å²) in [7, 11) is -3.81. The number of benzene rings is 2. The number of anilines is 1. The SMILES string of the molecule is O=C(NCc1ccccc1)C1=C2CCCN2c2ccccc2S1(=O)=O. The van der Waals surface area contributed by atoms with Gasteiger partial charge in [-0.25, -0.2) is 8.42 Å². The highest BCUT2D eigenvalue weighted by Gasteiger charge is 2.41. The number of sulfone groups is 1. The summed E-state index contributed by atoms with van der Waals surface area (Å²) in [6, 6.07) is 16.3. The maximum absolute atomic E-state index is 13.1. The molecule has 0 atom stereocenters. The smallest absolute Gasteiger partial charge is 0.265 e. The second-order valence-corrected chi connectivity index (χ2v) is 8.03. The lowest BCUT2D eigenvalue weighted by Gasteiger charge is -2.29. The Morgan fingerprint density at radius 1 is 1.04 bits per heavy atom. The van der Waals surface area contributed by atoms with Crippen LogP contribution in [0.25, 0.3) is 0 Å². The van der Waals surface area contributed by atoms with Crippen LogP contribution in [0.2, 0.25) is 0 Å². The standard InChI is InChI=1S/C19H18N2O3S/c22-19(20-13-14-7-2-1-3-8-14)18-16-10-6-12-21(16)15-9-4-5-11-17(15)25(18,23)24/h1-5,7-9,11H,6,10,12-13H2,(H,20,22). The number of para-hydroxylation sites is 1. The number of amides is 1. The molecule has 128 valence electrons. The monoisotopic (exact) mass is 354 g/mol. The molecule has 2 aliphatic rings. The molecule has 4 rings (SSSR count). The van der Waals surface area contributed by atoms with E-state index in [0.717, 1.165) is 18.5 Å². The van der Waals surface area contributed by atoms with E-state index in [9.17, 15) is 13.2 Å². The summed E-state index contributed by atoms with van der Waals surface area (Å²) in [5, 5.41) is 2.77. The molecule has 0 radical (unpaired) electrons. The Hall–Kier alpha value is -2.60. The molecule has 0 unspecified atom stereocenters. The van der Waals surface area contributed by atoms with E-state index in [1.54, 1.807) is 18.2 Å². The highest BCUT2D eigenvalue weighted by molar-refractivity contribution is 7.96. The van der Waals surface area contributed by atoms with Crippen molar-refractivity contribution in [1.29, 1.82) is 0 Å². The van der Waals surface area contributed by atoms with E-state index in [1.807, 2.05) is 41.3 Å². The van der Waals surface area contributed by atoms with E-state index < -0.39 is 15.7 Å². The Bertz CT molecular complexity index is 965. The van der Waals surface area contributed by atoms with Crippen molar-refractivity contribution < 1.29 is 13.2 Å². The lowest BCUT2D eigenvalue weighted by molar-refractivity contribution is -0.117. The highest BCUT2D eigenvalue weighted by Crippen LogP contribution is 2.43. The highest BCUT2D eigenvalue weighted by atomic mass is 32.2. The molecule has 0 saturated carbocycles. The molecule has 0 aromatic heterocycles. The number of fused-ring (bicyclic) bond motifs is 3. The second kappa shape index (κ2) is 6.04. The normalized spacial score (nSPS) is 17.8. The van der Waals surface area contributed by atoms with Crippen LogP contribution >= 0.6 is 0 Å². The second-order valence-electron chi connectivity index (χ2n) is 6.17. The third-order valence-corrected chi connectivity index (χ3v) is 6.48. The summed E-state index contributed by atoms with van der Waals surface area (Å²) in [5.74, 6) is -0.528. The summed E-state index contributed by atoms with van der Waals surface area (Å²) < 4.78 is 26.1. The number of hydrogen-bond acceptors (Lipinski definition) is 4. The number of hydrogen-bond donors (Lipinski definition) is 1. The van der Waals surface area contributed by atoms with Crippen molar-refractivity contribution >= 4 is 21.4 Å². The van der Waals surface area contributed by atoms with Crippen LogP contribution in [0.3, 0.4) is 0 Å². The van der Waals surface area contributed by atoms with Gasteiger partial charge in [-0.15, -0.1) is 0 Å². The van der Waals surface area contributed by atoms with Crippen molar-refractivity contribution in [2.45, 2.75) is 24.3 Å². The minimum Gasteiger partial charge on any atom is -0.347 e. The third kappa shape index (κ3) is 2.62. The number of nitrogens with one attached hydrogen (secondary N) is 1. The Kier molecular flexibility index (Phi) is 3.84. The predicted molar refractivity (Wildman–Crippen MR) is 95.5 cm³/mol. The van der Waals surface area contributed by atoms with Gasteiger partial charge in [-0.1, -0.05) is 42.5 Å². The van der Waals surface area contributed by atoms with E-state index >= 15 is 0 Å². The first kappa shape index (κ1) is 15.9. The van der Waals surface area contributed by atoms with E-state index in [2.05, 4.69) is 5.32 Å². The molecule has 1 fully saturated rings. The molecule has 1 amide bonds. The van der Waals surface area contributed by atoms with Crippen LogP contribution in [0.1, 0.15) is 18.4 Å². The molecular formula is C19H18N2O3S. The summed E-state index contributed by atoms with van der Waals surface area (Å²) in [5.41, 5.74) is 2.22. The van der Waals surface area contributed by atoms with Gasteiger partial charge in [0.2, 0.25) is 9.84 Å². The zero-order valence-electron chi connectivity index (χ0n) is 13.6. The maximum atomic E-state index is 13.1. The minimum atomic E-state index is -3.81. The molecule has 2 heterocycles. The molecule has 2 aromatic carbocycles. The Balaban J connectivity index is 1.71. The van der Waals surface area contributed by atoms with Crippen LogP contribution in [0.4, 0.5) is 5.69 Å². The van der Waals surface area contributed by atoms with Crippen LogP contribution in [-0.4, -0.2) is 20.9 Å². The fraction of sp³-hybridized carbons (Fsp3) is 0.211. The van der Waals surface area contributed by atoms with Gasteiger partial charge < -0.3 is 10.2 Å². The molecule has 2 aliphatic heterocycles. The van der Waals surface area contributed by atoms with Crippen LogP contribution in [0.5, 0.6) is 0 Å². The molecule has 1 N–H and O–H groups in total. The first-order valence-corrected chi connectivity index (χ1v) is 9.74. The molecule has 0 aliphatic carbocycles. The van der Waals surface area contributed by atoms with E-state index in [4.69, 9.17) is 0 Å². The zero-order chi connectivity index (χ0) is 17.4. The molecule has 0 bridgehead atoms. The molecule has 2 aromatic rings. The Labute approximate surface area is 146 Å². The third-order valence-electron chi connectivity index (χ3n) is 4.60. The molecule has 6 heteroatoms. The average Bonchev–Trinajstić information content (AvgIpc) is 3.10. The minimum absolute atomic E-state index is 0.0976. The van der Waals surface area contributed by atoms with Crippen molar-refractivity contribution in [3.8, 4) is 0 Å². The maximum Gasteiger partial charge on any atom is 0.265 e. The van der Waals surface area contributed by atoms with E-state index in [0.29, 0.717) is 24.4 Å². The lowest BCUT2D eigenvalue weighted by Crippen LogP contribution is -2.35. The number of carbonyl (C=O) groups excluding carboxylic acids is 1. The average molecular weight is 354 g/mol. The number of nitrogens with zero attached hydrogens (tertiary/aromatic N) is 1. The fourth-order valence-electron chi connectivity index (χ4n) is 3.46. The molecule has 0 spiro atoms. The van der Waals surface area contributed by atoms with Gasteiger partial charge in [0.05, 0.1) is 10.6 Å². The van der Waals surface area contributed by atoms with Crippen molar-refractivity contribution in [2.75, 3.05) is 11.4 Å². The van der Waals surface area contributed by atoms with Gasteiger partial charge in [0.15, 0.2) is 4.91 Å². The van der Waals surface area contributed by atoms with Gasteiger partial charge in [0, 0.05) is 18.8 Å². The Morgan fingerprint density at radius 3 is 2.56 bits per heavy atom. The summed E-state index contributed by atoms with van der Waals surface area (Å²) >= 11 is 0. The van der Waals surface area contributed by atoms with Crippen LogP contribution < -0.4 is 10.2 Å². The molecule has 1 saturated heterocycles. The summed E-state index contributed by atoms with van der Waals surface area (Å²) in [4.78, 5) is 14.8. The lowest BCUT2D eigenvalue weighted by atomic mass is 10.2. The van der Waals surface area contributed by atoms with Crippen molar-refractivity contribution in [3.63, 3.8) is 0 Å². The van der Waals surface area contributed by atoms with Gasteiger partial charge in [-0.2, -0.15) is 0 Å². The van der Waals surface area contributed by atoms with Gasteiger partial charge >= 0.3 is 0 Å². The predicted octanol–water partition coefficient (Wildman–Crippen LogP) is 2.60. The largest absolute Gasteiger partial charge is 0.347 e. The van der Waals surface area contributed by atoms with Crippen molar-refractivity contribution in [3.05, 3.63) is 70.8 Å². The number of rotatable bonds is 3. The van der Waals surface area contributed by atoms with Gasteiger partial charge in [-0.05, 0) is 30.5 Å². The Morgan fingerprint density at radius 2 is 1.76 bits per heavy atom. The quantitative estimate of drug-likeness (QED) is 0.920. The molecular weight excluding hydrogens is 336 g/mol. The van der Waals surface area contributed by atoms with Gasteiger partial charge in [0.25, 0.3) is 5.91 Å². The van der Waals surface area contributed by atoms with Crippen molar-refractivity contribution in [2.24, 2.45) is 0 Å². The van der Waals surface area contributed by atoms with Crippen molar-refractivity contribution in [1.82, 2.24) is 5.32 Å².